The van der Waals surface area contributed by atoms with E-state index in [0.29, 0.717) is 0 Å². The third-order valence-electron chi connectivity index (χ3n) is 3.20. The number of hydrogen-bond donors (Lipinski definition) is 0. The smallest absolute Gasteiger partial charge is 0.343 e. The standard InChI is InChI=1S/C12H15NO3/c1-7-4-5-13-8(2)6-9(14)10(11(7)13)12(15)16-3/h6-7H,4-5H2,1-3H3. The average molecular weight is 221 g/mol. The van der Waals surface area contributed by atoms with Gasteiger partial charge in [0, 0.05) is 24.0 Å². The van der Waals surface area contributed by atoms with Crippen LogP contribution in [0.3, 0.4) is 0 Å². The van der Waals surface area contributed by atoms with Gasteiger partial charge in [0.25, 0.3) is 0 Å². The number of aryl methyl sites for hydroxylation is 1. The summed E-state index contributed by atoms with van der Waals surface area (Å²) in [6.07, 6.45) is 0.967. The first kappa shape index (κ1) is 10.9. The number of hydrogen-bond acceptors (Lipinski definition) is 3. The van der Waals surface area contributed by atoms with Gasteiger partial charge in [-0.2, -0.15) is 0 Å². The van der Waals surface area contributed by atoms with Crippen molar-refractivity contribution in [3.63, 3.8) is 0 Å². The third kappa shape index (κ3) is 1.45. The maximum atomic E-state index is 11.8. The van der Waals surface area contributed by atoms with Crippen LogP contribution in [0, 0.1) is 6.92 Å². The van der Waals surface area contributed by atoms with E-state index in [1.54, 1.807) is 0 Å². The molecule has 1 aromatic heterocycles. The molecule has 1 aromatic rings. The molecule has 1 aliphatic heterocycles. The lowest BCUT2D eigenvalue weighted by atomic mass is 10.0. The Kier molecular flexibility index (Phi) is 2.58. The number of pyridine rings is 1. The second-order valence-electron chi connectivity index (χ2n) is 4.24. The van der Waals surface area contributed by atoms with E-state index < -0.39 is 5.97 Å². The van der Waals surface area contributed by atoms with Crippen molar-refractivity contribution in [3.8, 4) is 0 Å². The minimum absolute atomic E-state index is 0.207. The molecule has 2 rings (SSSR count). The fraction of sp³-hybridized carbons (Fsp3) is 0.500. The number of aromatic nitrogens is 1. The molecule has 0 radical (unpaired) electrons. The summed E-state index contributed by atoms with van der Waals surface area (Å²) in [4.78, 5) is 23.4. The molecule has 0 bridgehead atoms. The zero-order chi connectivity index (χ0) is 11.9. The Hall–Kier alpha value is -1.58. The van der Waals surface area contributed by atoms with Gasteiger partial charge in [-0.25, -0.2) is 4.79 Å². The molecule has 1 unspecified atom stereocenters. The Morgan fingerprint density at radius 2 is 2.25 bits per heavy atom. The van der Waals surface area contributed by atoms with Gasteiger partial charge in [0.1, 0.15) is 5.56 Å². The van der Waals surface area contributed by atoms with Gasteiger partial charge in [-0.15, -0.1) is 0 Å². The van der Waals surface area contributed by atoms with Gasteiger partial charge in [0.15, 0.2) is 5.43 Å². The van der Waals surface area contributed by atoms with Crippen molar-refractivity contribution < 1.29 is 9.53 Å². The highest BCUT2D eigenvalue weighted by Gasteiger charge is 2.28. The van der Waals surface area contributed by atoms with Crippen LogP contribution in [0.1, 0.15) is 41.0 Å². The van der Waals surface area contributed by atoms with E-state index in [9.17, 15) is 9.59 Å². The summed E-state index contributed by atoms with van der Waals surface area (Å²) in [7, 11) is 1.30. The summed E-state index contributed by atoms with van der Waals surface area (Å²) in [5.41, 5.74) is 1.72. The molecule has 16 heavy (non-hydrogen) atoms. The zero-order valence-corrected chi connectivity index (χ0v) is 9.74. The van der Waals surface area contributed by atoms with Gasteiger partial charge < -0.3 is 9.30 Å². The number of esters is 1. The minimum Gasteiger partial charge on any atom is -0.465 e. The SMILES string of the molecule is COC(=O)c1c2n(c(C)cc1=O)CCC2C. The van der Waals surface area contributed by atoms with Gasteiger partial charge >= 0.3 is 5.97 Å². The lowest BCUT2D eigenvalue weighted by Crippen LogP contribution is -2.23. The van der Waals surface area contributed by atoms with Gasteiger partial charge in [-0.3, -0.25) is 4.79 Å². The fourth-order valence-electron chi connectivity index (χ4n) is 2.37. The van der Waals surface area contributed by atoms with Crippen LogP contribution in [0.4, 0.5) is 0 Å². The van der Waals surface area contributed by atoms with Gasteiger partial charge in [-0.05, 0) is 19.3 Å². The summed E-state index contributed by atoms with van der Waals surface area (Å²) in [5.74, 6) is -0.288. The van der Waals surface area contributed by atoms with Crippen LogP contribution < -0.4 is 5.43 Å². The van der Waals surface area contributed by atoms with Crippen molar-refractivity contribution in [1.29, 1.82) is 0 Å². The first-order valence-corrected chi connectivity index (χ1v) is 5.39. The van der Waals surface area contributed by atoms with Crippen molar-refractivity contribution >= 4 is 5.97 Å². The molecule has 0 spiro atoms. The Morgan fingerprint density at radius 3 is 2.88 bits per heavy atom. The van der Waals surface area contributed by atoms with Crippen LogP contribution >= 0.6 is 0 Å². The molecular formula is C12H15NO3. The van der Waals surface area contributed by atoms with Crippen LogP contribution in [0.5, 0.6) is 0 Å². The summed E-state index contributed by atoms with van der Waals surface area (Å²) < 4.78 is 6.72. The molecule has 1 atom stereocenters. The van der Waals surface area contributed by atoms with E-state index in [2.05, 4.69) is 4.74 Å². The highest BCUT2D eigenvalue weighted by atomic mass is 16.5. The van der Waals surface area contributed by atoms with E-state index >= 15 is 0 Å². The quantitative estimate of drug-likeness (QED) is 0.674. The van der Waals surface area contributed by atoms with Gasteiger partial charge in [0.2, 0.25) is 0 Å². The predicted octanol–water partition coefficient (Wildman–Crippen LogP) is 1.45. The highest BCUT2D eigenvalue weighted by Crippen LogP contribution is 2.30. The third-order valence-corrected chi connectivity index (χ3v) is 3.20. The lowest BCUT2D eigenvalue weighted by Gasteiger charge is -2.13. The summed E-state index contributed by atoms with van der Waals surface area (Å²) in [5, 5.41) is 0. The van der Waals surface area contributed by atoms with Crippen LogP contribution in [0.25, 0.3) is 0 Å². The zero-order valence-electron chi connectivity index (χ0n) is 9.74. The Balaban J connectivity index is 2.74. The minimum atomic E-state index is -0.525. The van der Waals surface area contributed by atoms with Gasteiger partial charge in [0.05, 0.1) is 7.11 Å². The molecule has 0 aliphatic carbocycles. The molecule has 4 heteroatoms. The number of nitrogens with zero attached hydrogens (tertiary/aromatic N) is 1. The Labute approximate surface area is 93.8 Å². The van der Waals surface area contributed by atoms with Crippen LogP contribution in [-0.4, -0.2) is 17.6 Å². The van der Waals surface area contributed by atoms with E-state index in [0.717, 1.165) is 24.4 Å². The molecule has 1 aliphatic rings. The molecule has 86 valence electrons. The number of fused-ring (bicyclic) bond motifs is 1. The topological polar surface area (TPSA) is 48.3 Å². The fourth-order valence-corrected chi connectivity index (χ4v) is 2.37. The normalized spacial score (nSPS) is 18.3. The van der Waals surface area contributed by atoms with Crippen molar-refractivity contribution in [3.05, 3.63) is 33.2 Å². The largest absolute Gasteiger partial charge is 0.465 e. The van der Waals surface area contributed by atoms with E-state index in [4.69, 9.17) is 0 Å². The second kappa shape index (κ2) is 3.77. The van der Waals surface area contributed by atoms with Gasteiger partial charge in [-0.1, -0.05) is 6.92 Å². The van der Waals surface area contributed by atoms with Crippen molar-refractivity contribution in [1.82, 2.24) is 4.57 Å². The van der Waals surface area contributed by atoms with Crippen LogP contribution in [0.15, 0.2) is 10.9 Å². The first-order chi connectivity index (χ1) is 7.56. The molecule has 0 saturated heterocycles. The van der Waals surface area contributed by atoms with E-state index in [-0.39, 0.29) is 16.9 Å². The van der Waals surface area contributed by atoms with E-state index in [1.807, 2.05) is 18.4 Å². The Morgan fingerprint density at radius 1 is 1.56 bits per heavy atom. The molecule has 0 aromatic carbocycles. The van der Waals surface area contributed by atoms with Crippen molar-refractivity contribution in [2.24, 2.45) is 0 Å². The lowest BCUT2D eigenvalue weighted by molar-refractivity contribution is 0.0596. The number of rotatable bonds is 1. The van der Waals surface area contributed by atoms with E-state index in [1.165, 1.54) is 13.2 Å². The summed E-state index contributed by atoms with van der Waals surface area (Å²) >= 11 is 0. The molecule has 0 fully saturated rings. The maximum Gasteiger partial charge on any atom is 0.343 e. The second-order valence-corrected chi connectivity index (χ2v) is 4.24. The van der Waals surface area contributed by atoms with Crippen LogP contribution in [0.2, 0.25) is 0 Å². The van der Waals surface area contributed by atoms with Crippen LogP contribution in [-0.2, 0) is 11.3 Å². The Bertz CT molecular complexity index is 502. The summed E-state index contributed by atoms with van der Waals surface area (Å²) in [6, 6.07) is 1.51. The average Bonchev–Trinajstić information content (AvgIpc) is 2.61. The summed E-state index contributed by atoms with van der Waals surface area (Å²) in [6.45, 7) is 4.79. The molecule has 0 amide bonds. The first-order valence-electron chi connectivity index (χ1n) is 5.39. The molecular weight excluding hydrogens is 206 g/mol. The monoisotopic (exact) mass is 221 g/mol. The molecule has 0 N–H and O–H groups in total. The van der Waals surface area contributed by atoms with Crippen molar-refractivity contribution in [2.75, 3.05) is 7.11 Å². The molecule has 2 heterocycles. The number of carbonyl (C=O) groups excluding carboxylic acids is 1. The number of ether oxygens (including phenoxy) is 1. The van der Waals surface area contributed by atoms with Crippen molar-refractivity contribution in [2.45, 2.75) is 32.7 Å². The molecule has 0 saturated carbocycles. The number of carbonyl (C=O) groups is 1. The highest BCUT2D eigenvalue weighted by molar-refractivity contribution is 5.90. The number of methoxy groups -OCH3 is 1. The predicted molar refractivity (Wildman–Crippen MR) is 59.8 cm³/mol. The molecule has 4 nitrogen and oxygen atoms in total. The maximum absolute atomic E-state index is 11.8.